The van der Waals surface area contributed by atoms with E-state index in [0.717, 1.165) is 39.2 Å². The van der Waals surface area contributed by atoms with Crippen LogP contribution in [0, 0.1) is 0 Å². The Balaban J connectivity index is 1.22. The van der Waals surface area contributed by atoms with Crippen LogP contribution < -0.4 is 0 Å². The molecule has 13 rings (SSSR count). The summed E-state index contributed by atoms with van der Waals surface area (Å²) in [4.78, 5) is 11.0. The van der Waals surface area contributed by atoms with Crippen molar-refractivity contribution in [1.82, 2.24) is 19.1 Å². The fourth-order valence-corrected chi connectivity index (χ4v) is 10.7. The largest absolute Gasteiger partial charge is 0.309 e. The number of aromatic nitrogens is 4. The van der Waals surface area contributed by atoms with Gasteiger partial charge in [0.05, 0.1) is 33.5 Å². The summed E-state index contributed by atoms with van der Waals surface area (Å²) in [5, 5.41) is 12.5. The molecular formula is C52H30N4S. The molecule has 0 unspecified atom stereocenters. The van der Waals surface area contributed by atoms with E-state index in [9.17, 15) is 0 Å². The molecule has 4 heterocycles. The molecule has 0 bridgehead atoms. The molecule has 0 radical (unpaired) electrons. The van der Waals surface area contributed by atoms with Crippen LogP contribution in [0.15, 0.2) is 182 Å². The third-order valence-corrected chi connectivity index (χ3v) is 13.0. The molecule has 0 aliphatic carbocycles. The highest BCUT2D eigenvalue weighted by molar-refractivity contribution is 7.25. The number of para-hydroxylation sites is 2. The smallest absolute Gasteiger partial charge is 0.235 e. The first-order valence-corrected chi connectivity index (χ1v) is 20.2. The van der Waals surface area contributed by atoms with E-state index in [0.29, 0.717) is 5.95 Å². The van der Waals surface area contributed by atoms with E-state index in [4.69, 9.17) is 9.97 Å². The molecule has 0 fully saturated rings. The van der Waals surface area contributed by atoms with Crippen molar-refractivity contribution in [3.63, 3.8) is 0 Å². The number of hydrogen-bond donors (Lipinski definition) is 0. The monoisotopic (exact) mass is 742 g/mol. The first kappa shape index (κ1) is 30.9. The molecule has 13 aromatic rings. The number of rotatable bonds is 4. The second-order valence-electron chi connectivity index (χ2n) is 14.9. The molecule has 0 aliphatic rings. The second-order valence-corrected chi connectivity index (χ2v) is 16.0. The van der Waals surface area contributed by atoms with Gasteiger partial charge in [0.25, 0.3) is 0 Å². The van der Waals surface area contributed by atoms with Crippen LogP contribution in [-0.4, -0.2) is 19.1 Å². The Morgan fingerprint density at radius 3 is 1.81 bits per heavy atom. The molecule has 5 heteroatoms. The van der Waals surface area contributed by atoms with Crippen molar-refractivity contribution < 1.29 is 0 Å². The quantitative estimate of drug-likeness (QED) is 0.168. The van der Waals surface area contributed by atoms with E-state index in [1.54, 1.807) is 0 Å². The van der Waals surface area contributed by atoms with E-state index in [-0.39, 0.29) is 0 Å². The Morgan fingerprint density at radius 2 is 0.947 bits per heavy atom. The summed E-state index contributed by atoms with van der Waals surface area (Å²) in [6.07, 6.45) is 0. The molecule has 0 atom stereocenters. The summed E-state index contributed by atoms with van der Waals surface area (Å²) in [6, 6.07) is 65.6. The summed E-state index contributed by atoms with van der Waals surface area (Å²) in [5.41, 5.74) is 9.59. The number of hydrogen-bond acceptors (Lipinski definition) is 3. The van der Waals surface area contributed by atoms with Gasteiger partial charge in [-0.25, -0.2) is 9.97 Å². The van der Waals surface area contributed by atoms with Crippen molar-refractivity contribution >= 4 is 96.7 Å². The zero-order chi connectivity index (χ0) is 37.2. The van der Waals surface area contributed by atoms with Crippen LogP contribution in [0.25, 0.3) is 119 Å². The van der Waals surface area contributed by atoms with Gasteiger partial charge < -0.3 is 4.57 Å². The average Bonchev–Trinajstić information content (AvgIpc) is 3.94. The predicted octanol–water partition coefficient (Wildman–Crippen LogP) is 14.1. The maximum Gasteiger partial charge on any atom is 0.235 e. The number of fused-ring (bicyclic) bond motifs is 10. The highest BCUT2D eigenvalue weighted by atomic mass is 32.1. The molecule has 0 N–H and O–H groups in total. The van der Waals surface area contributed by atoms with Gasteiger partial charge in [-0.2, -0.15) is 0 Å². The van der Waals surface area contributed by atoms with Gasteiger partial charge in [0, 0.05) is 63.9 Å². The minimum atomic E-state index is 0.646. The predicted molar refractivity (Wildman–Crippen MR) is 241 cm³/mol. The lowest BCUT2D eigenvalue weighted by atomic mass is 9.92. The third kappa shape index (κ3) is 4.26. The van der Waals surface area contributed by atoms with E-state index < -0.39 is 0 Å². The highest BCUT2D eigenvalue weighted by Crippen LogP contribution is 2.49. The highest BCUT2D eigenvalue weighted by Gasteiger charge is 2.26. The molecule has 0 aliphatic heterocycles. The zero-order valence-corrected chi connectivity index (χ0v) is 31.3. The molecule has 9 aromatic carbocycles. The van der Waals surface area contributed by atoms with E-state index in [1.165, 1.54) is 74.3 Å². The van der Waals surface area contributed by atoms with Crippen LogP contribution in [0.3, 0.4) is 0 Å². The van der Waals surface area contributed by atoms with E-state index in [2.05, 4.69) is 191 Å². The van der Waals surface area contributed by atoms with Crippen molar-refractivity contribution in [2.75, 3.05) is 0 Å². The average molecular weight is 743 g/mol. The molecule has 0 spiro atoms. The second kappa shape index (κ2) is 11.6. The Labute approximate surface area is 330 Å². The van der Waals surface area contributed by atoms with Gasteiger partial charge in [-0.15, -0.1) is 11.3 Å². The van der Waals surface area contributed by atoms with Crippen molar-refractivity contribution in [3.05, 3.63) is 182 Å². The molecule has 4 nitrogen and oxygen atoms in total. The fraction of sp³-hybridized carbons (Fsp3) is 0. The van der Waals surface area contributed by atoms with Crippen molar-refractivity contribution in [3.8, 4) is 34.2 Å². The number of thiophene rings is 1. The lowest BCUT2D eigenvalue weighted by molar-refractivity contribution is 0.996. The summed E-state index contributed by atoms with van der Waals surface area (Å²) in [5.74, 6) is 0.646. The molecule has 4 aromatic heterocycles. The zero-order valence-electron chi connectivity index (χ0n) is 30.5. The first-order valence-electron chi connectivity index (χ1n) is 19.3. The van der Waals surface area contributed by atoms with Gasteiger partial charge in [-0.1, -0.05) is 133 Å². The fourth-order valence-electron chi connectivity index (χ4n) is 9.58. The standard InChI is InChI=1S/C52H30N4S/c1-3-15-31(16-4-1)39-29-40(36-24-14-28-46-47(36)38-22-10-12-27-45(38)57-46)54-52(53-39)56-41-25-11-9-21-37(41)49-43(56)30-44-51-48-34(33-19-7-8-20-35(33)50(49)51)23-13-26-42(48)55(44)32-17-5-2-6-18-32/h1-30H. The van der Waals surface area contributed by atoms with Gasteiger partial charge in [0.2, 0.25) is 5.95 Å². The minimum absolute atomic E-state index is 0.646. The van der Waals surface area contributed by atoms with Gasteiger partial charge in [-0.3, -0.25) is 4.57 Å². The molecule has 264 valence electrons. The Morgan fingerprint density at radius 1 is 0.351 bits per heavy atom. The maximum atomic E-state index is 5.57. The van der Waals surface area contributed by atoms with Crippen LogP contribution in [0.5, 0.6) is 0 Å². The molecule has 0 saturated heterocycles. The van der Waals surface area contributed by atoms with Crippen LogP contribution in [-0.2, 0) is 0 Å². The first-order chi connectivity index (χ1) is 28.3. The normalized spacial score (nSPS) is 12.2. The summed E-state index contributed by atoms with van der Waals surface area (Å²) in [7, 11) is 0. The lowest BCUT2D eigenvalue weighted by Gasteiger charge is -2.14. The van der Waals surface area contributed by atoms with E-state index in [1.807, 2.05) is 11.3 Å². The molecule has 0 saturated carbocycles. The molecule has 0 amide bonds. The van der Waals surface area contributed by atoms with Gasteiger partial charge in [-0.05, 0) is 64.7 Å². The Hall–Kier alpha value is -7.34. The minimum Gasteiger partial charge on any atom is -0.309 e. The topological polar surface area (TPSA) is 35.6 Å². The summed E-state index contributed by atoms with van der Waals surface area (Å²) >= 11 is 1.83. The van der Waals surface area contributed by atoms with Crippen molar-refractivity contribution in [2.24, 2.45) is 0 Å². The summed E-state index contributed by atoms with van der Waals surface area (Å²) < 4.78 is 7.28. The third-order valence-electron chi connectivity index (χ3n) is 11.9. The molecule has 57 heavy (non-hydrogen) atoms. The van der Waals surface area contributed by atoms with Gasteiger partial charge in [0.15, 0.2) is 0 Å². The van der Waals surface area contributed by atoms with Crippen LogP contribution in [0.1, 0.15) is 0 Å². The van der Waals surface area contributed by atoms with Crippen molar-refractivity contribution in [1.29, 1.82) is 0 Å². The van der Waals surface area contributed by atoms with Crippen LogP contribution in [0.2, 0.25) is 0 Å². The van der Waals surface area contributed by atoms with E-state index >= 15 is 0 Å². The Kier molecular flexibility index (Phi) is 6.29. The lowest BCUT2D eigenvalue weighted by Crippen LogP contribution is -2.04. The van der Waals surface area contributed by atoms with Gasteiger partial charge >= 0.3 is 0 Å². The number of benzene rings is 9. The molecular weight excluding hydrogens is 713 g/mol. The van der Waals surface area contributed by atoms with Crippen molar-refractivity contribution in [2.45, 2.75) is 0 Å². The van der Waals surface area contributed by atoms with Gasteiger partial charge in [0.1, 0.15) is 0 Å². The SMILES string of the molecule is c1ccc(-c2cc(-c3cccc4sc5ccccc5c34)nc(-n3c4ccccc4c4c5c6ccccc6c6cccc7c6c5c(cc43)n7-c3ccccc3)n2)cc1. The maximum absolute atomic E-state index is 5.57. The van der Waals surface area contributed by atoms with Crippen LogP contribution >= 0.6 is 11.3 Å². The number of nitrogens with zero attached hydrogens (tertiary/aromatic N) is 4. The Bertz CT molecular complexity index is 3740. The van der Waals surface area contributed by atoms with Crippen LogP contribution in [0.4, 0.5) is 0 Å². The summed E-state index contributed by atoms with van der Waals surface area (Å²) in [6.45, 7) is 0.